The third-order valence-electron chi connectivity index (χ3n) is 14.4. The Morgan fingerprint density at radius 3 is 1.64 bits per heavy atom. The van der Waals surface area contributed by atoms with Gasteiger partial charge in [0, 0.05) is 12.8 Å². The van der Waals surface area contributed by atoms with Gasteiger partial charge in [-0.05, 0) is 45.1 Å². The minimum Gasteiger partial charge on any atom is -0.462 e. The zero-order valence-electron chi connectivity index (χ0n) is 44.6. The van der Waals surface area contributed by atoms with Crippen molar-refractivity contribution in [2.75, 3.05) is 6.61 Å². The Balaban J connectivity index is 1.72. The lowest BCUT2D eigenvalue weighted by molar-refractivity contribution is -0.356. The molecule has 0 spiro atoms. The highest BCUT2D eigenvalue weighted by Crippen LogP contribution is 2.37. The van der Waals surface area contributed by atoms with Crippen molar-refractivity contribution < 1.29 is 43.2 Å². The quantitative estimate of drug-likeness (QED) is 0.0426. The number of unbranched alkanes of at least 4 members (excludes halogenated alkanes) is 26. The zero-order valence-corrected chi connectivity index (χ0v) is 44.6. The largest absolute Gasteiger partial charge is 0.462 e. The topological polar surface area (TPSA) is 156 Å². The lowest BCUT2D eigenvalue weighted by Gasteiger charge is -2.54. The number of amides is 1. The van der Waals surface area contributed by atoms with Crippen molar-refractivity contribution in [3.8, 4) is 0 Å². The van der Waals surface area contributed by atoms with E-state index in [4.69, 9.17) is 29.4 Å². The van der Waals surface area contributed by atoms with Crippen LogP contribution in [0.25, 0.3) is 0 Å². The summed E-state index contributed by atoms with van der Waals surface area (Å²) in [4.78, 5) is 42.6. The lowest BCUT2D eigenvalue weighted by Crippen LogP contribution is -2.80. The second-order valence-electron chi connectivity index (χ2n) is 21.2. The van der Waals surface area contributed by atoms with Gasteiger partial charge in [-0.25, -0.2) is 0 Å². The summed E-state index contributed by atoms with van der Waals surface area (Å²) in [6, 6.07) is 8.77. The van der Waals surface area contributed by atoms with Gasteiger partial charge in [-0.1, -0.05) is 224 Å². The van der Waals surface area contributed by atoms with Gasteiger partial charge in [0.25, 0.3) is 0 Å². The Morgan fingerprint density at radius 2 is 1.13 bits per heavy atom. The molecular formula is C58H102N2O9. The van der Waals surface area contributed by atoms with E-state index >= 15 is 0 Å². The number of aliphatic hydroxyl groups is 1. The van der Waals surface area contributed by atoms with Gasteiger partial charge < -0.3 is 39.8 Å². The molecule has 0 aromatic heterocycles. The highest BCUT2D eigenvalue weighted by Gasteiger charge is 2.61. The van der Waals surface area contributed by atoms with E-state index in [-0.39, 0.29) is 43.8 Å². The van der Waals surface area contributed by atoms with Crippen molar-refractivity contribution in [3.63, 3.8) is 0 Å². The maximum Gasteiger partial charge on any atom is 0.306 e. The van der Waals surface area contributed by atoms with Gasteiger partial charge in [-0.15, -0.1) is 0 Å². The Kier molecular flexibility index (Phi) is 32.2. The van der Waals surface area contributed by atoms with E-state index in [1.807, 2.05) is 30.3 Å². The van der Waals surface area contributed by atoms with Gasteiger partial charge in [-0.3, -0.25) is 14.4 Å². The average molecular weight is 971 g/mol. The molecule has 0 bridgehead atoms. The normalized spacial score (nSPS) is 21.9. The van der Waals surface area contributed by atoms with E-state index in [9.17, 15) is 19.5 Å². The van der Waals surface area contributed by atoms with E-state index in [0.29, 0.717) is 19.4 Å². The van der Waals surface area contributed by atoms with Crippen molar-refractivity contribution in [3.05, 3.63) is 35.9 Å². The summed E-state index contributed by atoms with van der Waals surface area (Å²) < 4.78 is 30.9. The van der Waals surface area contributed by atoms with E-state index in [1.54, 1.807) is 13.8 Å². The first kappa shape index (κ1) is 60.9. The van der Waals surface area contributed by atoms with Crippen LogP contribution in [-0.2, 0) is 44.7 Å². The maximum absolute atomic E-state index is 14.8. The molecule has 0 saturated carbocycles. The predicted octanol–water partition coefficient (Wildman–Crippen LogP) is 13.4. The fourth-order valence-corrected chi connectivity index (χ4v) is 10.0. The number of Topliss-reactive ketones (excluding diaryl/α,β-unsaturated/α-hetero) is 1. The summed E-state index contributed by atoms with van der Waals surface area (Å²) in [6.07, 6.45) is 30.6. The Labute approximate surface area is 420 Å². The fraction of sp³-hybridized carbons (Fsp3) is 0.845. The Bertz CT molecular complexity index is 1480. The molecule has 0 radical (unpaired) electrons. The summed E-state index contributed by atoms with van der Waals surface area (Å²) in [6.45, 7) is 10.7. The third kappa shape index (κ3) is 25.2. The van der Waals surface area contributed by atoms with Crippen LogP contribution in [0.1, 0.15) is 258 Å². The number of nitrogens with one attached hydrogen (secondary N) is 1. The monoisotopic (exact) mass is 971 g/mol. The number of ether oxygens (including phenoxy) is 5. The van der Waals surface area contributed by atoms with Crippen LogP contribution in [0.5, 0.6) is 0 Å². The Hall–Kier alpha value is -2.41. The summed E-state index contributed by atoms with van der Waals surface area (Å²) in [5, 5.41) is 14.8. The molecule has 11 nitrogen and oxygen atoms in total. The van der Waals surface area contributed by atoms with Gasteiger partial charge >= 0.3 is 5.97 Å². The van der Waals surface area contributed by atoms with E-state index in [0.717, 1.165) is 69.8 Å². The SMILES string of the molecule is CCCCCCCCCCCCCC(=O)O[C@H](CCCCCCCCCCC)CC(=O)[C@@]1(N)C(O)O[C@@H]2COC(C)(C)O[C@H]2[C@@H]1NC(=O)C[C@@H](CCCCCCCCCCC)OCc1ccccc1. The molecule has 2 saturated heterocycles. The molecule has 2 fully saturated rings. The van der Waals surface area contributed by atoms with Crippen molar-refractivity contribution in [1.82, 2.24) is 5.32 Å². The van der Waals surface area contributed by atoms with Crippen LogP contribution in [-0.4, -0.2) is 77.4 Å². The van der Waals surface area contributed by atoms with Crippen LogP contribution in [0.3, 0.4) is 0 Å². The molecule has 2 aliphatic heterocycles. The molecule has 0 aliphatic carbocycles. The lowest BCUT2D eigenvalue weighted by atomic mass is 9.76. The molecule has 11 heteroatoms. The first-order valence-electron chi connectivity index (χ1n) is 28.5. The van der Waals surface area contributed by atoms with Crippen molar-refractivity contribution in [2.45, 2.75) is 308 Å². The van der Waals surface area contributed by atoms with Crippen LogP contribution in [0.15, 0.2) is 30.3 Å². The highest BCUT2D eigenvalue weighted by atomic mass is 16.7. The molecule has 1 unspecified atom stereocenters. The number of carbonyl (C=O) groups is 3. The minimum absolute atomic E-state index is 0.0384. The van der Waals surface area contributed by atoms with Crippen LogP contribution in [0.4, 0.5) is 0 Å². The number of carbonyl (C=O) groups excluding carboxylic acids is 3. The third-order valence-corrected chi connectivity index (χ3v) is 14.4. The minimum atomic E-state index is -2.11. The summed E-state index contributed by atoms with van der Waals surface area (Å²) in [5.74, 6) is -2.30. The first-order chi connectivity index (χ1) is 33.4. The van der Waals surface area contributed by atoms with Crippen molar-refractivity contribution in [1.29, 1.82) is 0 Å². The summed E-state index contributed by atoms with van der Waals surface area (Å²) in [7, 11) is 0. The number of rotatable bonds is 42. The number of hydrogen-bond acceptors (Lipinski definition) is 10. The predicted molar refractivity (Wildman–Crippen MR) is 279 cm³/mol. The van der Waals surface area contributed by atoms with Crippen LogP contribution in [0, 0.1) is 0 Å². The molecule has 1 aromatic rings. The van der Waals surface area contributed by atoms with Gasteiger partial charge in [-0.2, -0.15) is 0 Å². The molecule has 3 rings (SSSR count). The van der Waals surface area contributed by atoms with Gasteiger partial charge in [0.05, 0.1) is 31.8 Å². The van der Waals surface area contributed by atoms with Gasteiger partial charge in [0.2, 0.25) is 5.91 Å². The summed E-state index contributed by atoms with van der Waals surface area (Å²) in [5.41, 5.74) is 6.04. The second-order valence-corrected chi connectivity index (χ2v) is 21.2. The Morgan fingerprint density at radius 1 is 0.667 bits per heavy atom. The van der Waals surface area contributed by atoms with Gasteiger partial charge in [0.15, 0.2) is 17.9 Å². The molecule has 1 aromatic carbocycles. The van der Waals surface area contributed by atoms with E-state index in [2.05, 4.69) is 26.1 Å². The number of aliphatic hydroxyl groups excluding tert-OH is 1. The van der Waals surface area contributed by atoms with Crippen LogP contribution >= 0.6 is 0 Å². The molecule has 7 atom stereocenters. The molecule has 4 N–H and O–H groups in total. The number of fused-ring (bicyclic) bond motifs is 1. The number of hydrogen-bond donors (Lipinski definition) is 3. The number of nitrogens with two attached hydrogens (primary N) is 1. The molecule has 2 heterocycles. The van der Waals surface area contributed by atoms with Gasteiger partial charge in [0.1, 0.15) is 23.9 Å². The van der Waals surface area contributed by atoms with Crippen LogP contribution < -0.4 is 11.1 Å². The van der Waals surface area contributed by atoms with E-state index in [1.165, 1.54) is 122 Å². The first-order valence-corrected chi connectivity index (χ1v) is 28.5. The molecule has 69 heavy (non-hydrogen) atoms. The van der Waals surface area contributed by atoms with E-state index < -0.39 is 47.8 Å². The maximum atomic E-state index is 14.8. The molecule has 1 amide bonds. The van der Waals surface area contributed by atoms with Crippen molar-refractivity contribution >= 4 is 17.7 Å². The average Bonchev–Trinajstić information content (AvgIpc) is 3.33. The fourth-order valence-electron chi connectivity index (χ4n) is 10.0. The molecular weight excluding hydrogens is 869 g/mol. The summed E-state index contributed by atoms with van der Waals surface area (Å²) >= 11 is 0. The number of ketones is 1. The number of benzene rings is 1. The highest BCUT2D eigenvalue weighted by molar-refractivity contribution is 5.91. The standard InChI is InChI=1S/C58H102N2O9/c1-6-9-12-15-18-21-22-25-28-31-37-42-53(63)67-49(41-36-30-27-24-20-17-14-11-8-3)43-51(61)58(59)55(54-50(68-56(58)64)46-66-57(4,5)69-54)60-52(62)44-48(65-45-47-38-33-32-34-39-47)40-35-29-26-23-19-16-13-10-7-2/h32-34,38-39,48-50,54-56,64H,6-31,35-37,40-46,59H2,1-5H3,(H,60,62)/t48-,49-,50-,54-,55+,56?,58+/m1/s1. The molecule has 2 aliphatic rings. The molecule has 398 valence electrons. The van der Waals surface area contributed by atoms with Crippen LogP contribution in [0.2, 0.25) is 0 Å². The number of esters is 1. The van der Waals surface area contributed by atoms with Crippen molar-refractivity contribution in [2.24, 2.45) is 5.73 Å². The second kappa shape index (κ2) is 36.5. The smallest absolute Gasteiger partial charge is 0.306 e. The zero-order chi connectivity index (χ0) is 50.0.